The first-order chi connectivity index (χ1) is 6.20. The normalized spacial score (nSPS) is 22.8. The topological polar surface area (TPSA) is 34.1 Å². The highest BCUT2D eigenvalue weighted by atomic mass is 32.2. The Morgan fingerprint density at radius 3 is 1.64 bits per heavy atom. The molecule has 0 radical (unpaired) electrons. The molecule has 1 aliphatic carbocycles. The van der Waals surface area contributed by atoms with Crippen LogP contribution in [-0.4, -0.2) is 19.9 Å². The van der Waals surface area contributed by atoms with Gasteiger partial charge in [-0.3, -0.25) is 0 Å². The van der Waals surface area contributed by atoms with E-state index in [1.54, 1.807) is 0 Å². The highest BCUT2D eigenvalue weighted by molar-refractivity contribution is 7.91. The van der Waals surface area contributed by atoms with Gasteiger partial charge in [0.25, 0.3) is 0 Å². The second-order valence-electron chi connectivity index (χ2n) is 5.40. The molecular weight excluding hydrogens is 196 g/mol. The monoisotopic (exact) mass is 218 g/mol. The van der Waals surface area contributed by atoms with Crippen LogP contribution in [0.3, 0.4) is 0 Å². The standard InChI is InChI=1S/C11H22O2S/c1-8(2)11(9(3)4)6-10(7-11)14(5,12)13/h8-10H,6-7H2,1-5H3. The average Bonchev–Trinajstić information content (AvgIpc) is 1.77. The van der Waals surface area contributed by atoms with Gasteiger partial charge in [0.15, 0.2) is 0 Å². The second kappa shape index (κ2) is 3.51. The van der Waals surface area contributed by atoms with Gasteiger partial charge < -0.3 is 0 Å². The van der Waals surface area contributed by atoms with Crippen molar-refractivity contribution >= 4 is 9.84 Å². The van der Waals surface area contributed by atoms with Crippen molar-refractivity contribution in [2.24, 2.45) is 17.3 Å². The Morgan fingerprint density at radius 1 is 1.07 bits per heavy atom. The maximum Gasteiger partial charge on any atom is 0.150 e. The number of rotatable bonds is 3. The Labute approximate surface area is 88.0 Å². The van der Waals surface area contributed by atoms with Crippen LogP contribution in [-0.2, 0) is 9.84 Å². The number of hydrogen-bond acceptors (Lipinski definition) is 2. The van der Waals surface area contributed by atoms with Crippen molar-refractivity contribution in [2.75, 3.05) is 6.26 Å². The molecule has 0 N–H and O–H groups in total. The lowest BCUT2D eigenvalue weighted by atomic mass is 9.56. The molecule has 0 amide bonds. The van der Waals surface area contributed by atoms with Crippen molar-refractivity contribution < 1.29 is 8.42 Å². The summed E-state index contributed by atoms with van der Waals surface area (Å²) >= 11 is 0. The molecule has 3 heteroatoms. The summed E-state index contributed by atoms with van der Waals surface area (Å²) in [6.45, 7) is 8.83. The quantitative estimate of drug-likeness (QED) is 0.729. The summed E-state index contributed by atoms with van der Waals surface area (Å²) in [5, 5.41) is -0.0766. The van der Waals surface area contributed by atoms with Crippen LogP contribution in [0.15, 0.2) is 0 Å². The molecule has 2 nitrogen and oxygen atoms in total. The first-order valence-corrected chi connectivity index (χ1v) is 7.34. The summed E-state index contributed by atoms with van der Waals surface area (Å²) in [5.41, 5.74) is 0.272. The third-order valence-corrected chi connectivity index (χ3v) is 5.66. The Kier molecular flexibility index (Phi) is 3.01. The first kappa shape index (κ1) is 12.0. The van der Waals surface area contributed by atoms with Crippen LogP contribution >= 0.6 is 0 Å². The summed E-state index contributed by atoms with van der Waals surface area (Å²) in [6, 6.07) is 0. The summed E-state index contributed by atoms with van der Waals surface area (Å²) < 4.78 is 22.7. The third kappa shape index (κ3) is 1.83. The molecule has 1 aliphatic rings. The molecule has 0 heterocycles. The van der Waals surface area contributed by atoms with E-state index in [-0.39, 0.29) is 10.7 Å². The molecular formula is C11H22O2S. The van der Waals surface area contributed by atoms with Crippen molar-refractivity contribution in [1.29, 1.82) is 0 Å². The van der Waals surface area contributed by atoms with E-state index >= 15 is 0 Å². The molecule has 84 valence electrons. The molecule has 1 rings (SSSR count). The minimum atomic E-state index is -2.80. The molecule has 1 fully saturated rings. The van der Waals surface area contributed by atoms with Crippen LogP contribution in [0, 0.1) is 17.3 Å². The Balaban J connectivity index is 2.75. The lowest BCUT2D eigenvalue weighted by Gasteiger charge is -2.53. The Bertz CT molecular complexity index is 285. The summed E-state index contributed by atoms with van der Waals surface area (Å²) in [5.74, 6) is 1.17. The van der Waals surface area contributed by atoms with E-state index < -0.39 is 9.84 Å². The molecule has 1 saturated carbocycles. The van der Waals surface area contributed by atoms with Gasteiger partial charge in [0.1, 0.15) is 9.84 Å². The lowest BCUT2D eigenvalue weighted by Crippen LogP contribution is -2.51. The van der Waals surface area contributed by atoms with Crippen molar-refractivity contribution in [3.05, 3.63) is 0 Å². The van der Waals surface area contributed by atoms with Gasteiger partial charge in [0, 0.05) is 6.26 Å². The SMILES string of the molecule is CC(C)C1(C(C)C)CC(S(C)(=O)=O)C1. The van der Waals surface area contributed by atoms with E-state index in [2.05, 4.69) is 27.7 Å². The minimum Gasteiger partial charge on any atom is -0.229 e. The van der Waals surface area contributed by atoms with Crippen LogP contribution in [0.4, 0.5) is 0 Å². The molecule has 0 aromatic rings. The molecule has 0 unspecified atom stereocenters. The summed E-state index contributed by atoms with van der Waals surface area (Å²) in [6.07, 6.45) is 3.09. The van der Waals surface area contributed by atoms with E-state index in [4.69, 9.17) is 0 Å². The highest BCUT2D eigenvalue weighted by Gasteiger charge is 2.51. The lowest BCUT2D eigenvalue weighted by molar-refractivity contribution is 0.0174. The van der Waals surface area contributed by atoms with Gasteiger partial charge in [-0.25, -0.2) is 8.42 Å². The van der Waals surface area contributed by atoms with E-state index in [0.717, 1.165) is 12.8 Å². The zero-order valence-electron chi connectivity index (χ0n) is 9.87. The van der Waals surface area contributed by atoms with Crippen molar-refractivity contribution in [3.8, 4) is 0 Å². The largest absolute Gasteiger partial charge is 0.229 e. The number of hydrogen-bond donors (Lipinski definition) is 0. The van der Waals surface area contributed by atoms with Crippen molar-refractivity contribution in [1.82, 2.24) is 0 Å². The zero-order chi connectivity index (χ0) is 11.1. The fourth-order valence-electron chi connectivity index (χ4n) is 2.70. The van der Waals surface area contributed by atoms with Gasteiger partial charge in [0.2, 0.25) is 0 Å². The van der Waals surface area contributed by atoms with Crippen LogP contribution < -0.4 is 0 Å². The summed E-state index contributed by atoms with van der Waals surface area (Å²) in [7, 11) is -2.80. The van der Waals surface area contributed by atoms with E-state index in [0.29, 0.717) is 11.8 Å². The maximum atomic E-state index is 11.3. The smallest absolute Gasteiger partial charge is 0.150 e. The highest BCUT2D eigenvalue weighted by Crippen LogP contribution is 2.54. The van der Waals surface area contributed by atoms with Gasteiger partial charge in [-0.15, -0.1) is 0 Å². The van der Waals surface area contributed by atoms with Gasteiger partial charge in [-0.1, -0.05) is 27.7 Å². The first-order valence-electron chi connectivity index (χ1n) is 5.39. The van der Waals surface area contributed by atoms with Gasteiger partial charge in [-0.2, -0.15) is 0 Å². The second-order valence-corrected chi connectivity index (χ2v) is 7.73. The fourth-order valence-corrected chi connectivity index (χ4v) is 3.93. The van der Waals surface area contributed by atoms with E-state index in [1.807, 2.05) is 0 Å². The molecule has 0 atom stereocenters. The molecule has 0 saturated heterocycles. The van der Waals surface area contributed by atoms with Gasteiger partial charge in [0.05, 0.1) is 5.25 Å². The fraction of sp³-hybridized carbons (Fsp3) is 1.00. The van der Waals surface area contributed by atoms with E-state index in [1.165, 1.54) is 6.26 Å². The van der Waals surface area contributed by atoms with Gasteiger partial charge >= 0.3 is 0 Å². The number of sulfone groups is 1. The van der Waals surface area contributed by atoms with E-state index in [9.17, 15) is 8.42 Å². The van der Waals surface area contributed by atoms with Crippen LogP contribution in [0.5, 0.6) is 0 Å². The molecule has 14 heavy (non-hydrogen) atoms. The van der Waals surface area contributed by atoms with Crippen LogP contribution in [0.25, 0.3) is 0 Å². The predicted molar refractivity (Wildman–Crippen MR) is 60.0 cm³/mol. The zero-order valence-corrected chi connectivity index (χ0v) is 10.7. The maximum absolute atomic E-state index is 11.3. The Hall–Kier alpha value is -0.0500. The van der Waals surface area contributed by atoms with Crippen molar-refractivity contribution in [3.63, 3.8) is 0 Å². The molecule has 0 aromatic heterocycles. The van der Waals surface area contributed by atoms with Crippen LogP contribution in [0.2, 0.25) is 0 Å². The summed E-state index contributed by atoms with van der Waals surface area (Å²) in [4.78, 5) is 0. The molecule has 0 aromatic carbocycles. The van der Waals surface area contributed by atoms with Crippen LogP contribution in [0.1, 0.15) is 40.5 Å². The predicted octanol–water partition coefficient (Wildman–Crippen LogP) is 2.49. The third-order valence-electron chi connectivity index (χ3n) is 4.12. The van der Waals surface area contributed by atoms with Crippen molar-refractivity contribution in [2.45, 2.75) is 45.8 Å². The minimum absolute atomic E-state index is 0.0766. The Morgan fingerprint density at radius 2 is 1.43 bits per heavy atom. The molecule has 0 spiro atoms. The molecule has 0 aliphatic heterocycles. The van der Waals surface area contributed by atoms with Gasteiger partial charge in [-0.05, 0) is 30.1 Å². The molecule has 0 bridgehead atoms. The average molecular weight is 218 g/mol.